The van der Waals surface area contributed by atoms with Crippen LogP contribution in [0.4, 0.5) is 5.00 Å². The molecule has 2 heterocycles. The zero-order valence-electron chi connectivity index (χ0n) is 11.8. The molecule has 1 aliphatic rings. The molecule has 1 amide bonds. The molecular weight excluding hydrogens is 290 g/mol. The van der Waals surface area contributed by atoms with Crippen LogP contribution in [-0.4, -0.2) is 43.0 Å². The van der Waals surface area contributed by atoms with E-state index in [2.05, 4.69) is 5.32 Å². The maximum absolute atomic E-state index is 12.1. The Morgan fingerprint density at radius 3 is 3.10 bits per heavy atom. The molecule has 0 aliphatic carbocycles. The van der Waals surface area contributed by atoms with Gasteiger partial charge in [-0.15, -0.1) is 11.3 Å². The average Bonchev–Trinajstić information content (AvgIpc) is 2.94. The number of nitrogens with zero attached hydrogens (tertiary/aromatic N) is 2. The minimum Gasteiger partial charge on any atom is -0.468 e. The number of anilines is 1. The summed E-state index contributed by atoms with van der Waals surface area (Å²) in [5, 5.41) is 14.0. The summed E-state index contributed by atoms with van der Waals surface area (Å²) in [6.07, 6.45) is 2.63. The van der Waals surface area contributed by atoms with Crippen molar-refractivity contribution in [1.82, 2.24) is 4.90 Å². The lowest BCUT2D eigenvalue weighted by Gasteiger charge is -2.32. The van der Waals surface area contributed by atoms with Gasteiger partial charge in [-0.05, 0) is 30.8 Å². The monoisotopic (exact) mass is 307 g/mol. The Balaban J connectivity index is 1.97. The molecule has 7 heteroatoms. The number of carbonyl (C=O) groups excluding carboxylic acids is 2. The standard InChI is InChI=1S/C14H17N3O3S/c1-20-14(19)11-4-2-3-6-17(11)9-12(18)16-13-10(8-15)5-7-21-13/h5,7,11H,2-4,6,9H2,1H3,(H,16,18)/t11-/m1/s1. The number of carbonyl (C=O) groups is 2. The van der Waals surface area contributed by atoms with Gasteiger partial charge in [0.2, 0.25) is 5.91 Å². The number of hydrogen-bond donors (Lipinski definition) is 1. The number of piperidine rings is 1. The molecule has 1 fully saturated rings. The Bertz CT molecular complexity index is 564. The van der Waals surface area contributed by atoms with Gasteiger partial charge in [-0.25, -0.2) is 0 Å². The second kappa shape index (κ2) is 7.20. The second-order valence-electron chi connectivity index (χ2n) is 4.83. The first-order valence-corrected chi connectivity index (χ1v) is 7.63. The first kappa shape index (κ1) is 15.5. The number of rotatable bonds is 4. The number of amides is 1. The SMILES string of the molecule is COC(=O)[C@H]1CCCCN1CC(=O)Nc1sccc1C#N. The van der Waals surface area contributed by atoms with Crippen molar-refractivity contribution in [3.63, 3.8) is 0 Å². The molecule has 0 saturated carbocycles. The van der Waals surface area contributed by atoms with E-state index < -0.39 is 0 Å². The first-order chi connectivity index (χ1) is 10.2. The zero-order valence-corrected chi connectivity index (χ0v) is 12.6. The molecule has 6 nitrogen and oxygen atoms in total. The fourth-order valence-corrected chi connectivity index (χ4v) is 3.18. The molecule has 2 rings (SSSR count). The van der Waals surface area contributed by atoms with Crippen molar-refractivity contribution in [3.8, 4) is 6.07 Å². The number of esters is 1. The topological polar surface area (TPSA) is 82.4 Å². The number of nitriles is 1. The normalized spacial score (nSPS) is 18.8. The summed E-state index contributed by atoms with van der Waals surface area (Å²) in [5.41, 5.74) is 0.455. The van der Waals surface area contributed by atoms with Crippen molar-refractivity contribution in [2.24, 2.45) is 0 Å². The Morgan fingerprint density at radius 1 is 1.57 bits per heavy atom. The largest absolute Gasteiger partial charge is 0.468 e. The Labute approximate surface area is 127 Å². The van der Waals surface area contributed by atoms with Crippen LogP contribution >= 0.6 is 11.3 Å². The third-order valence-corrected chi connectivity index (χ3v) is 4.30. The van der Waals surface area contributed by atoms with E-state index >= 15 is 0 Å². The maximum atomic E-state index is 12.1. The highest BCUT2D eigenvalue weighted by Crippen LogP contribution is 2.23. The maximum Gasteiger partial charge on any atom is 0.323 e. The molecule has 0 radical (unpaired) electrons. The number of thiophene rings is 1. The third kappa shape index (κ3) is 3.80. The van der Waals surface area contributed by atoms with Crippen molar-refractivity contribution in [2.45, 2.75) is 25.3 Å². The lowest BCUT2D eigenvalue weighted by molar-refractivity contribution is -0.148. The van der Waals surface area contributed by atoms with Crippen LogP contribution in [0.3, 0.4) is 0 Å². The minimum absolute atomic E-state index is 0.128. The molecule has 1 saturated heterocycles. The van der Waals surface area contributed by atoms with Crippen LogP contribution < -0.4 is 5.32 Å². The molecular formula is C14H17N3O3S. The van der Waals surface area contributed by atoms with Gasteiger partial charge >= 0.3 is 5.97 Å². The number of nitrogens with one attached hydrogen (secondary N) is 1. The van der Waals surface area contributed by atoms with Gasteiger partial charge in [0, 0.05) is 0 Å². The molecule has 1 atom stereocenters. The lowest BCUT2D eigenvalue weighted by atomic mass is 10.0. The molecule has 0 aromatic carbocycles. The van der Waals surface area contributed by atoms with E-state index in [4.69, 9.17) is 10.00 Å². The van der Waals surface area contributed by atoms with Crippen LogP contribution in [0.15, 0.2) is 11.4 Å². The Kier molecular flexibility index (Phi) is 5.31. The van der Waals surface area contributed by atoms with Crippen molar-refractivity contribution in [3.05, 3.63) is 17.0 Å². The fourth-order valence-electron chi connectivity index (χ4n) is 2.43. The number of ether oxygens (including phenoxy) is 1. The minimum atomic E-state index is -0.353. The van der Waals surface area contributed by atoms with E-state index in [1.54, 1.807) is 11.4 Å². The van der Waals surface area contributed by atoms with Gasteiger partial charge in [0.1, 0.15) is 17.1 Å². The zero-order chi connectivity index (χ0) is 15.2. The van der Waals surface area contributed by atoms with Gasteiger partial charge in [-0.2, -0.15) is 5.26 Å². The molecule has 1 aromatic rings. The second-order valence-corrected chi connectivity index (χ2v) is 5.74. The van der Waals surface area contributed by atoms with Gasteiger partial charge in [0.05, 0.1) is 19.2 Å². The smallest absolute Gasteiger partial charge is 0.323 e. The predicted octanol–water partition coefficient (Wildman–Crippen LogP) is 1.59. The summed E-state index contributed by atoms with van der Waals surface area (Å²) in [7, 11) is 1.36. The van der Waals surface area contributed by atoms with E-state index in [1.807, 2.05) is 11.0 Å². The van der Waals surface area contributed by atoms with Gasteiger partial charge in [0.25, 0.3) is 0 Å². The quantitative estimate of drug-likeness (QED) is 0.854. The van der Waals surface area contributed by atoms with E-state index in [0.29, 0.717) is 23.5 Å². The predicted molar refractivity (Wildman–Crippen MR) is 78.9 cm³/mol. The fraction of sp³-hybridized carbons (Fsp3) is 0.500. The summed E-state index contributed by atoms with van der Waals surface area (Å²) in [6.45, 7) is 0.825. The molecule has 21 heavy (non-hydrogen) atoms. The molecule has 0 unspecified atom stereocenters. The number of hydrogen-bond acceptors (Lipinski definition) is 6. The molecule has 1 aromatic heterocycles. The van der Waals surface area contributed by atoms with E-state index in [0.717, 1.165) is 12.8 Å². The molecule has 0 spiro atoms. The van der Waals surface area contributed by atoms with Crippen LogP contribution in [0.5, 0.6) is 0 Å². The summed E-state index contributed by atoms with van der Waals surface area (Å²) >= 11 is 1.31. The summed E-state index contributed by atoms with van der Waals surface area (Å²) in [6, 6.07) is 3.34. The Morgan fingerprint density at radius 2 is 2.38 bits per heavy atom. The van der Waals surface area contributed by atoms with Crippen LogP contribution in [0.1, 0.15) is 24.8 Å². The van der Waals surface area contributed by atoms with Crippen LogP contribution in [0, 0.1) is 11.3 Å². The van der Waals surface area contributed by atoms with Crippen LogP contribution in [-0.2, 0) is 14.3 Å². The molecule has 1 aliphatic heterocycles. The summed E-state index contributed by atoms with van der Waals surface area (Å²) < 4.78 is 4.79. The molecule has 112 valence electrons. The van der Waals surface area contributed by atoms with Gasteiger partial charge in [-0.1, -0.05) is 6.42 Å². The third-order valence-electron chi connectivity index (χ3n) is 3.47. The lowest BCUT2D eigenvalue weighted by Crippen LogP contribution is -2.48. The summed E-state index contributed by atoms with van der Waals surface area (Å²) in [5.74, 6) is -0.513. The van der Waals surface area contributed by atoms with E-state index in [1.165, 1.54) is 18.4 Å². The van der Waals surface area contributed by atoms with Crippen LogP contribution in [0.25, 0.3) is 0 Å². The molecule has 1 N–H and O–H groups in total. The highest BCUT2D eigenvalue weighted by Gasteiger charge is 2.30. The van der Waals surface area contributed by atoms with E-state index in [-0.39, 0.29) is 24.5 Å². The number of methoxy groups -OCH3 is 1. The average molecular weight is 307 g/mol. The van der Waals surface area contributed by atoms with Gasteiger partial charge < -0.3 is 10.1 Å². The van der Waals surface area contributed by atoms with Crippen molar-refractivity contribution < 1.29 is 14.3 Å². The number of likely N-dealkylation sites (tertiary alicyclic amines) is 1. The van der Waals surface area contributed by atoms with Crippen LogP contribution in [0.2, 0.25) is 0 Å². The Hall–Kier alpha value is -1.91. The van der Waals surface area contributed by atoms with Crippen molar-refractivity contribution in [2.75, 3.05) is 25.5 Å². The first-order valence-electron chi connectivity index (χ1n) is 6.75. The highest BCUT2D eigenvalue weighted by molar-refractivity contribution is 7.14. The highest BCUT2D eigenvalue weighted by atomic mass is 32.1. The van der Waals surface area contributed by atoms with Crippen molar-refractivity contribution in [1.29, 1.82) is 5.26 Å². The van der Waals surface area contributed by atoms with E-state index in [9.17, 15) is 9.59 Å². The van der Waals surface area contributed by atoms with Gasteiger partial charge in [-0.3, -0.25) is 14.5 Å². The van der Waals surface area contributed by atoms with Crippen molar-refractivity contribution >= 4 is 28.2 Å². The summed E-state index contributed by atoms with van der Waals surface area (Å²) in [4.78, 5) is 25.7. The molecule has 0 bridgehead atoms. The van der Waals surface area contributed by atoms with Gasteiger partial charge in [0.15, 0.2) is 0 Å².